The number of nitrogens with zero attached hydrogens (tertiary/aromatic N) is 3. The molecule has 2 aromatic heterocycles. The van der Waals surface area contributed by atoms with Crippen molar-refractivity contribution in [1.29, 1.82) is 0 Å². The zero-order valence-corrected chi connectivity index (χ0v) is 12.5. The van der Waals surface area contributed by atoms with Crippen molar-refractivity contribution < 1.29 is 9.21 Å². The highest BCUT2D eigenvalue weighted by Gasteiger charge is 2.10. The standard InChI is InChI=1S/C16H17N5O2/c22-16(18-13-5-2-1-3-6-13)15-12-21(20-19-15)9-8-17-11-14-7-4-10-23-14/h1-7,10,12,17H,8-9,11H2,(H,18,22). The molecule has 2 heterocycles. The van der Waals surface area contributed by atoms with E-state index in [1.54, 1.807) is 17.1 Å². The van der Waals surface area contributed by atoms with Gasteiger partial charge in [0.25, 0.3) is 5.91 Å². The van der Waals surface area contributed by atoms with Gasteiger partial charge in [-0.3, -0.25) is 9.48 Å². The van der Waals surface area contributed by atoms with Crippen molar-refractivity contribution >= 4 is 11.6 Å². The zero-order valence-electron chi connectivity index (χ0n) is 12.5. The molecule has 3 rings (SSSR count). The van der Waals surface area contributed by atoms with E-state index in [9.17, 15) is 4.79 Å². The van der Waals surface area contributed by atoms with Crippen LogP contribution in [0.2, 0.25) is 0 Å². The molecule has 0 aliphatic rings. The summed E-state index contributed by atoms with van der Waals surface area (Å²) in [4.78, 5) is 12.1. The van der Waals surface area contributed by atoms with Gasteiger partial charge in [0, 0.05) is 12.2 Å². The summed E-state index contributed by atoms with van der Waals surface area (Å²) in [5.74, 6) is 0.609. The van der Waals surface area contributed by atoms with Gasteiger partial charge in [0.1, 0.15) is 5.76 Å². The Morgan fingerprint density at radius 2 is 2.04 bits per heavy atom. The summed E-state index contributed by atoms with van der Waals surface area (Å²) >= 11 is 0. The molecular formula is C16H17N5O2. The number of aromatic nitrogens is 3. The van der Waals surface area contributed by atoms with Gasteiger partial charge in [-0.1, -0.05) is 23.4 Å². The number of hydrogen-bond acceptors (Lipinski definition) is 5. The van der Waals surface area contributed by atoms with Crippen molar-refractivity contribution in [3.63, 3.8) is 0 Å². The number of rotatable bonds is 7. The molecule has 0 unspecified atom stereocenters. The molecule has 0 radical (unpaired) electrons. The van der Waals surface area contributed by atoms with E-state index >= 15 is 0 Å². The van der Waals surface area contributed by atoms with Crippen molar-refractivity contribution in [3.8, 4) is 0 Å². The Labute approximate surface area is 133 Å². The predicted octanol–water partition coefficient (Wildman–Crippen LogP) is 1.91. The highest BCUT2D eigenvalue weighted by Crippen LogP contribution is 2.07. The van der Waals surface area contributed by atoms with Crippen molar-refractivity contribution in [3.05, 3.63) is 66.4 Å². The summed E-state index contributed by atoms with van der Waals surface area (Å²) in [6, 6.07) is 13.0. The van der Waals surface area contributed by atoms with Crippen molar-refractivity contribution in [1.82, 2.24) is 20.3 Å². The van der Waals surface area contributed by atoms with Gasteiger partial charge in [-0.05, 0) is 24.3 Å². The third-order valence-electron chi connectivity index (χ3n) is 3.20. The molecule has 2 N–H and O–H groups in total. The minimum absolute atomic E-state index is 0.272. The molecule has 0 atom stereocenters. The minimum atomic E-state index is -0.272. The minimum Gasteiger partial charge on any atom is -0.468 e. The fourth-order valence-corrected chi connectivity index (χ4v) is 2.05. The van der Waals surface area contributed by atoms with Crippen LogP contribution in [-0.4, -0.2) is 27.4 Å². The van der Waals surface area contributed by atoms with Gasteiger partial charge in [-0.2, -0.15) is 0 Å². The van der Waals surface area contributed by atoms with Crippen LogP contribution in [0, 0.1) is 0 Å². The van der Waals surface area contributed by atoms with Gasteiger partial charge in [0.05, 0.1) is 25.5 Å². The predicted molar refractivity (Wildman–Crippen MR) is 84.8 cm³/mol. The first-order valence-corrected chi connectivity index (χ1v) is 7.31. The molecule has 118 valence electrons. The first-order chi connectivity index (χ1) is 11.3. The topological polar surface area (TPSA) is 85.0 Å². The van der Waals surface area contributed by atoms with Gasteiger partial charge in [0.2, 0.25) is 0 Å². The summed E-state index contributed by atoms with van der Waals surface area (Å²) < 4.78 is 6.86. The van der Waals surface area contributed by atoms with Crippen LogP contribution >= 0.6 is 0 Å². The number of hydrogen-bond donors (Lipinski definition) is 2. The lowest BCUT2D eigenvalue weighted by Crippen LogP contribution is -2.19. The number of para-hydroxylation sites is 1. The second kappa shape index (κ2) is 7.37. The number of furan rings is 1. The summed E-state index contributed by atoms with van der Waals surface area (Å²) in [5, 5.41) is 13.9. The summed E-state index contributed by atoms with van der Waals surface area (Å²) in [6.45, 7) is 1.97. The Morgan fingerprint density at radius 1 is 1.17 bits per heavy atom. The largest absolute Gasteiger partial charge is 0.468 e. The average molecular weight is 311 g/mol. The van der Waals surface area contributed by atoms with Crippen LogP contribution in [0.3, 0.4) is 0 Å². The summed E-state index contributed by atoms with van der Waals surface area (Å²) in [5.41, 5.74) is 1.02. The van der Waals surface area contributed by atoms with Crippen LogP contribution in [0.4, 0.5) is 5.69 Å². The van der Waals surface area contributed by atoms with Crippen molar-refractivity contribution in [2.75, 3.05) is 11.9 Å². The average Bonchev–Trinajstić information content (AvgIpc) is 3.24. The Bertz CT molecular complexity index is 737. The molecular weight excluding hydrogens is 294 g/mol. The Hall–Kier alpha value is -2.93. The second-order valence-electron chi connectivity index (χ2n) is 4.94. The van der Waals surface area contributed by atoms with E-state index in [1.165, 1.54) is 0 Å². The van der Waals surface area contributed by atoms with E-state index in [0.29, 0.717) is 25.3 Å². The van der Waals surface area contributed by atoms with Crippen LogP contribution in [0.15, 0.2) is 59.3 Å². The van der Waals surface area contributed by atoms with Gasteiger partial charge in [-0.15, -0.1) is 5.10 Å². The lowest BCUT2D eigenvalue weighted by atomic mass is 10.3. The van der Waals surface area contributed by atoms with E-state index in [1.807, 2.05) is 42.5 Å². The molecule has 3 aromatic rings. The maximum absolute atomic E-state index is 12.1. The van der Waals surface area contributed by atoms with Crippen LogP contribution in [0.25, 0.3) is 0 Å². The first kappa shape index (κ1) is 15.0. The number of benzene rings is 1. The van der Waals surface area contributed by atoms with Crippen LogP contribution < -0.4 is 10.6 Å². The van der Waals surface area contributed by atoms with Gasteiger partial charge in [-0.25, -0.2) is 0 Å². The smallest absolute Gasteiger partial charge is 0.277 e. The fraction of sp³-hybridized carbons (Fsp3) is 0.188. The first-order valence-electron chi connectivity index (χ1n) is 7.31. The van der Waals surface area contributed by atoms with E-state index in [0.717, 1.165) is 11.4 Å². The van der Waals surface area contributed by atoms with Crippen LogP contribution in [0.5, 0.6) is 0 Å². The molecule has 0 bridgehead atoms. The monoisotopic (exact) mass is 311 g/mol. The molecule has 7 nitrogen and oxygen atoms in total. The molecule has 0 aliphatic heterocycles. The highest BCUT2D eigenvalue weighted by atomic mass is 16.3. The molecule has 0 aliphatic carbocycles. The van der Waals surface area contributed by atoms with Crippen LogP contribution in [-0.2, 0) is 13.1 Å². The zero-order chi connectivity index (χ0) is 15.9. The molecule has 0 fully saturated rings. The third-order valence-corrected chi connectivity index (χ3v) is 3.20. The lowest BCUT2D eigenvalue weighted by molar-refractivity contribution is 0.102. The summed E-state index contributed by atoms with van der Waals surface area (Å²) in [6.07, 6.45) is 3.28. The summed E-state index contributed by atoms with van der Waals surface area (Å²) in [7, 11) is 0. The van der Waals surface area contributed by atoms with Gasteiger partial charge >= 0.3 is 0 Å². The Morgan fingerprint density at radius 3 is 2.83 bits per heavy atom. The maximum atomic E-state index is 12.1. The number of carbonyl (C=O) groups is 1. The number of carbonyl (C=O) groups excluding carboxylic acids is 1. The number of amides is 1. The van der Waals surface area contributed by atoms with Gasteiger partial charge < -0.3 is 15.1 Å². The molecule has 7 heteroatoms. The Kier molecular flexibility index (Phi) is 4.80. The molecule has 0 saturated heterocycles. The quantitative estimate of drug-likeness (QED) is 0.651. The highest BCUT2D eigenvalue weighted by molar-refractivity contribution is 6.02. The molecule has 0 spiro atoms. The van der Waals surface area contributed by atoms with Crippen LogP contribution in [0.1, 0.15) is 16.2 Å². The van der Waals surface area contributed by atoms with Crippen molar-refractivity contribution in [2.45, 2.75) is 13.1 Å². The third kappa shape index (κ3) is 4.27. The van der Waals surface area contributed by atoms with E-state index < -0.39 is 0 Å². The maximum Gasteiger partial charge on any atom is 0.277 e. The van der Waals surface area contributed by atoms with Gasteiger partial charge in [0.15, 0.2) is 5.69 Å². The lowest BCUT2D eigenvalue weighted by Gasteiger charge is -2.02. The van der Waals surface area contributed by atoms with E-state index in [4.69, 9.17) is 4.42 Å². The molecule has 1 amide bonds. The normalized spacial score (nSPS) is 10.6. The van der Waals surface area contributed by atoms with E-state index in [-0.39, 0.29) is 5.91 Å². The molecule has 1 aromatic carbocycles. The number of anilines is 1. The SMILES string of the molecule is O=C(Nc1ccccc1)c1cn(CCNCc2ccco2)nn1. The fourth-order valence-electron chi connectivity index (χ4n) is 2.05. The Balaban J connectivity index is 1.46. The van der Waals surface area contributed by atoms with Crippen molar-refractivity contribution in [2.24, 2.45) is 0 Å². The molecule has 23 heavy (non-hydrogen) atoms. The molecule has 0 saturated carbocycles. The number of nitrogens with one attached hydrogen (secondary N) is 2. The van der Waals surface area contributed by atoms with E-state index in [2.05, 4.69) is 20.9 Å². The second-order valence-corrected chi connectivity index (χ2v) is 4.94.